The number of thiophene rings is 1. The predicted octanol–water partition coefficient (Wildman–Crippen LogP) is 1.04. The van der Waals surface area contributed by atoms with Crippen molar-refractivity contribution in [3.05, 3.63) is 22.4 Å². The van der Waals surface area contributed by atoms with Crippen LogP contribution < -0.4 is 0 Å². The van der Waals surface area contributed by atoms with E-state index in [2.05, 4.69) is 0 Å². The standard InChI is InChI=1S/C7H8O3S/c1-7(10,6(8)9)5-3-2-4-11-5/h2-4,10H,1H3,(H,8,9). The SMILES string of the molecule is CC(O)(C(=O)O)c1cccs1. The predicted molar refractivity (Wildman–Crippen MR) is 41.5 cm³/mol. The molecule has 0 saturated carbocycles. The van der Waals surface area contributed by atoms with Gasteiger partial charge >= 0.3 is 5.97 Å². The van der Waals surface area contributed by atoms with Crippen LogP contribution in [0.5, 0.6) is 0 Å². The summed E-state index contributed by atoms with van der Waals surface area (Å²) in [5, 5.41) is 19.7. The summed E-state index contributed by atoms with van der Waals surface area (Å²) in [5.74, 6) is -1.22. The highest BCUT2D eigenvalue weighted by Crippen LogP contribution is 2.24. The maximum atomic E-state index is 10.5. The average Bonchev–Trinajstić information content (AvgIpc) is 2.37. The maximum Gasteiger partial charge on any atom is 0.340 e. The Morgan fingerprint density at radius 2 is 2.36 bits per heavy atom. The van der Waals surface area contributed by atoms with E-state index in [9.17, 15) is 9.90 Å². The lowest BCUT2D eigenvalue weighted by molar-refractivity contribution is -0.157. The van der Waals surface area contributed by atoms with E-state index < -0.39 is 11.6 Å². The van der Waals surface area contributed by atoms with Gasteiger partial charge in [-0.1, -0.05) is 6.07 Å². The van der Waals surface area contributed by atoms with Crippen LogP contribution in [0.15, 0.2) is 17.5 Å². The van der Waals surface area contributed by atoms with E-state index in [1.165, 1.54) is 18.3 Å². The molecule has 1 heterocycles. The van der Waals surface area contributed by atoms with Gasteiger partial charge in [-0.3, -0.25) is 0 Å². The van der Waals surface area contributed by atoms with Crippen molar-refractivity contribution >= 4 is 17.3 Å². The van der Waals surface area contributed by atoms with Crippen LogP contribution in [0, 0.1) is 0 Å². The van der Waals surface area contributed by atoms with E-state index in [1.807, 2.05) is 0 Å². The zero-order valence-electron chi connectivity index (χ0n) is 5.94. The molecule has 0 amide bonds. The molecule has 11 heavy (non-hydrogen) atoms. The Morgan fingerprint density at radius 3 is 2.73 bits per heavy atom. The number of rotatable bonds is 2. The lowest BCUT2D eigenvalue weighted by atomic mass is 10.1. The summed E-state index contributed by atoms with van der Waals surface area (Å²) in [4.78, 5) is 10.9. The van der Waals surface area contributed by atoms with Gasteiger partial charge in [0.05, 0.1) is 0 Å². The van der Waals surface area contributed by atoms with Gasteiger partial charge in [0.25, 0.3) is 0 Å². The van der Waals surface area contributed by atoms with Crippen LogP contribution in [-0.4, -0.2) is 16.2 Å². The summed E-state index contributed by atoms with van der Waals surface area (Å²) >= 11 is 1.23. The fraction of sp³-hybridized carbons (Fsp3) is 0.286. The van der Waals surface area contributed by atoms with Gasteiger partial charge in [0.1, 0.15) is 0 Å². The smallest absolute Gasteiger partial charge is 0.340 e. The Morgan fingerprint density at radius 1 is 1.73 bits per heavy atom. The van der Waals surface area contributed by atoms with Crippen LogP contribution in [0.1, 0.15) is 11.8 Å². The number of carbonyl (C=O) groups is 1. The third kappa shape index (κ3) is 1.41. The van der Waals surface area contributed by atoms with Crippen molar-refractivity contribution < 1.29 is 15.0 Å². The fourth-order valence-electron chi connectivity index (χ4n) is 0.661. The lowest BCUT2D eigenvalue weighted by Gasteiger charge is -2.14. The maximum absolute atomic E-state index is 10.5. The van der Waals surface area contributed by atoms with Crippen LogP contribution in [0.4, 0.5) is 0 Å². The highest BCUT2D eigenvalue weighted by molar-refractivity contribution is 7.10. The first-order valence-electron chi connectivity index (χ1n) is 3.05. The molecule has 0 aliphatic rings. The highest BCUT2D eigenvalue weighted by atomic mass is 32.1. The molecule has 0 fully saturated rings. The topological polar surface area (TPSA) is 57.5 Å². The van der Waals surface area contributed by atoms with Gasteiger partial charge < -0.3 is 10.2 Å². The van der Waals surface area contributed by atoms with Gasteiger partial charge in [-0.2, -0.15) is 0 Å². The van der Waals surface area contributed by atoms with Crippen LogP contribution in [-0.2, 0) is 10.4 Å². The zero-order chi connectivity index (χ0) is 8.48. The molecule has 1 aromatic rings. The van der Waals surface area contributed by atoms with Crippen LogP contribution in [0.25, 0.3) is 0 Å². The molecule has 0 saturated heterocycles. The molecular formula is C7H8O3S. The molecule has 2 N–H and O–H groups in total. The molecule has 0 spiro atoms. The second kappa shape index (κ2) is 2.64. The van der Waals surface area contributed by atoms with Gasteiger partial charge in [-0.25, -0.2) is 4.79 Å². The molecule has 60 valence electrons. The summed E-state index contributed by atoms with van der Waals surface area (Å²) in [6, 6.07) is 3.30. The number of aliphatic hydroxyl groups is 1. The van der Waals surface area contributed by atoms with Crippen LogP contribution in [0.2, 0.25) is 0 Å². The number of carboxylic acid groups (broad SMARTS) is 1. The Balaban J connectivity index is 3.00. The van der Waals surface area contributed by atoms with Crippen LogP contribution >= 0.6 is 11.3 Å². The fourth-order valence-corrected chi connectivity index (χ4v) is 1.44. The molecule has 3 nitrogen and oxygen atoms in total. The molecule has 1 atom stereocenters. The number of hydrogen-bond donors (Lipinski definition) is 2. The van der Waals surface area contributed by atoms with Gasteiger partial charge in [0.2, 0.25) is 0 Å². The first kappa shape index (κ1) is 8.23. The summed E-state index contributed by atoms with van der Waals surface area (Å²) in [6.07, 6.45) is 0. The zero-order valence-corrected chi connectivity index (χ0v) is 6.76. The summed E-state index contributed by atoms with van der Waals surface area (Å²) < 4.78 is 0. The summed E-state index contributed by atoms with van der Waals surface area (Å²) in [5.41, 5.74) is -1.74. The van der Waals surface area contributed by atoms with Gasteiger partial charge in [0.15, 0.2) is 5.60 Å². The van der Waals surface area contributed by atoms with Gasteiger partial charge in [-0.15, -0.1) is 11.3 Å². The van der Waals surface area contributed by atoms with E-state index in [1.54, 1.807) is 17.5 Å². The van der Waals surface area contributed by atoms with E-state index in [0.717, 1.165) is 0 Å². The molecule has 0 radical (unpaired) electrons. The quantitative estimate of drug-likeness (QED) is 0.700. The lowest BCUT2D eigenvalue weighted by Crippen LogP contribution is -2.30. The van der Waals surface area contributed by atoms with E-state index in [-0.39, 0.29) is 0 Å². The monoisotopic (exact) mass is 172 g/mol. The van der Waals surface area contributed by atoms with Crippen molar-refractivity contribution in [3.8, 4) is 0 Å². The van der Waals surface area contributed by atoms with E-state index >= 15 is 0 Å². The van der Waals surface area contributed by atoms with Crippen molar-refractivity contribution in [1.29, 1.82) is 0 Å². The molecule has 1 rings (SSSR count). The molecule has 4 heteroatoms. The third-order valence-electron chi connectivity index (χ3n) is 1.42. The first-order valence-corrected chi connectivity index (χ1v) is 3.93. The number of carboxylic acids is 1. The highest BCUT2D eigenvalue weighted by Gasteiger charge is 2.32. The van der Waals surface area contributed by atoms with Gasteiger partial charge in [-0.05, 0) is 18.4 Å². The van der Waals surface area contributed by atoms with Crippen molar-refractivity contribution in [2.24, 2.45) is 0 Å². The van der Waals surface area contributed by atoms with E-state index in [4.69, 9.17) is 5.11 Å². The molecule has 0 aromatic carbocycles. The Hall–Kier alpha value is -0.870. The second-order valence-corrected chi connectivity index (χ2v) is 3.30. The molecule has 0 bridgehead atoms. The molecular weight excluding hydrogens is 164 g/mol. The minimum Gasteiger partial charge on any atom is -0.479 e. The second-order valence-electron chi connectivity index (χ2n) is 2.35. The molecule has 1 aromatic heterocycles. The van der Waals surface area contributed by atoms with Crippen molar-refractivity contribution in [1.82, 2.24) is 0 Å². The Bertz CT molecular complexity index is 251. The van der Waals surface area contributed by atoms with Crippen molar-refractivity contribution in [3.63, 3.8) is 0 Å². The normalized spacial score (nSPS) is 15.8. The van der Waals surface area contributed by atoms with Crippen molar-refractivity contribution in [2.45, 2.75) is 12.5 Å². The Labute approximate surface area is 67.9 Å². The third-order valence-corrected chi connectivity index (χ3v) is 2.50. The van der Waals surface area contributed by atoms with Gasteiger partial charge in [0, 0.05) is 4.88 Å². The largest absolute Gasteiger partial charge is 0.479 e. The summed E-state index contributed by atoms with van der Waals surface area (Å²) in [6.45, 7) is 1.27. The molecule has 1 unspecified atom stereocenters. The minimum atomic E-state index is -1.74. The molecule has 0 aliphatic heterocycles. The molecule has 0 aliphatic carbocycles. The Kier molecular flexibility index (Phi) is 1.97. The number of hydrogen-bond acceptors (Lipinski definition) is 3. The van der Waals surface area contributed by atoms with Crippen molar-refractivity contribution in [2.75, 3.05) is 0 Å². The average molecular weight is 172 g/mol. The van der Waals surface area contributed by atoms with Crippen LogP contribution in [0.3, 0.4) is 0 Å². The van der Waals surface area contributed by atoms with E-state index in [0.29, 0.717) is 4.88 Å². The minimum absolute atomic E-state index is 0.449. The first-order chi connectivity index (χ1) is 5.05. The summed E-state index contributed by atoms with van der Waals surface area (Å²) in [7, 11) is 0. The number of aliphatic carboxylic acids is 1.